The first-order valence-corrected chi connectivity index (χ1v) is 11.9. The molecule has 2 saturated heterocycles. The molecule has 0 radical (unpaired) electrons. The molecule has 2 N–H and O–H groups in total. The van der Waals surface area contributed by atoms with Crippen molar-refractivity contribution < 1.29 is 19.1 Å². The average Bonchev–Trinajstić information content (AvgIpc) is 3.32. The lowest BCUT2D eigenvalue weighted by atomic mass is 9.91. The van der Waals surface area contributed by atoms with Gasteiger partial charge >= 0.3 is 0 Å². The molecule has 8 heteroatoms. The van der Waals surface area contributed by atoms with E-state index >= 15 is 0 Å². The monoisotopic (exact) mass is 458 g/mol. The maximum absolute atomic E-state index is 13.0. The minimum atomic E-state index is -0.414. The van der Waals surface area contributed by atoms with Crippen LogP contribution in [0.15, 0.2) is 24.3 Å². The summed E-state index contributed by atoms with van der Waals surface area (Å²) in [6, 6.07) is 7.02. The van der Waals surface area contributed by atoms with Crippen molar-refractivity contribution in [1.82, 2.24) is 15.1 Å². The Kier molecular flexibility index (Phi) is 8.48. The minimum Gasteiger partial charge on any atom is -0.368 e. The summed E-state index contributed by atoms with van der Waals surface area (Å²) in [5, 5.41) is 5.95. The van der Waals surface area contributed by atoms with Gasteiger partial charge in [-0.1, -0.05) is 19.9 Å². The van der Waals surface area contributed by atoms with Crippen LogP contribution in [-0.2, 0) is 14.3 Å². The summed E-state index contributed by atoms with van der Waals surface area (Å²) < 4.78 is 5.42. The van der Waals surface area contributed by atoms with Crippen molar-refractivity contribution in [1.29, 1.82) is 0 Å². The van der Waals surface area contributed by atoms with Gasteiger partial charge in [0.15, 0.2) is 0 Å². The van der Waals surface area contributed by atoms with Crippen molar-refractivity contribution in [2.75, 3.05) is 52.2 Å². The molecule has 2 aliphatic rings. The van der Waals surface area contributed by atoms with Gasteiger partial charge in [0.2, 0.25) is 5.91 Å². The summed E-state index contributed by atoms with van der Waals surface area (Å²) in [4.78, 5) is 41.9. The van der Waals surface area contributed by atoms with Crippen LogP contribution < -0.4 is 10.6 Å². The van der Waals surface area contributed by atoms with Gasteiger partial charge < -0.3 is 25.2 Å². The Balaban J connectivity index is 1.49. The van der Waals surface area contributed by atoms with E-state index in [1.807, 2.05) is 14.1 Å². The number of carbonyl (C=O) groups excluding carboxylic acids is 3. The van der Waals surface area contributed by atoms with Crippen molar-refractivity contribution in [2.45, 2.75) is 45.6 Å². The first kappa shape index (κ1) is 25.2. The van der Waals surface area contributed by atoms with E-state index < -0.39 is 6.10 Å². The predicted octanol–water partition coefficient (Wildman–Crippen LogP) is 2.36. The number of hydrogen-bond acceptors (Lipinski definition) is 5. The number of hydrogen-bond donors (Lipinski definition) is 2. The Morgan fingerprint density at radius 3 is 2.48 bits per heavy atom. The highest BCUT2D eigenvalue weighted by molar-refractivity contribution is 5.98. The maximum atomic E-state index is 13.0. The zero-order valence-corrected chi connectivity index (χ0v) is 20.4. The number of benzene rings is 1. The Labute approximate surface area is 197 Å². The van der Waals surface area contributed by atoms with Gasteiger partial charge in [0.1, 0.15) is 6.10 Å². The first-order chi connectivity index (χ1) is 15.6. The molecule has 2 heterocycles. The molecule has 0 aliphatic carbocycles. The number of nitrogens with zero attached hydrogens (tertiary/aromatic N) is 2. The lowest BCUT2D eigenvalue weighted by molar-refractivity contribution is -0.127. The minimum absolute atomic E-state index is 0.000150. The molecule has 0 aromatic heterocycles. The Morgan fingerprint density at radius 2 is 1.85 bits per heavy atom. The van der Waals surface area contributed by atoms with Crippen LogP contribution in [-0.4, -0.2) is 80.5 Å². The number of carbonyl (C=O) groups is 3. The van der Waals surface area contributed by atoms with E-state index in [-0.39, 0.29) is 29.1 Å². The Hall–Kier alpha value is -2.45. The van der Waals surface area contributed by atoms with E-state index in [2.05, 4.69) is 29.4 Å². The van der Waals surface area contributed by atoms with Gasteiger partial charge in [0, 0.05) is 50.0 Å². The molecule has 0 spiro atoms. The molecule has 2 aliphatic heterocycles. The van der Waals surface area contributed by atoms with Crippen LogP contribution in [0, 0.1) is 11.3 Å². The Bertz CT molecular complexity index is 841. The molecule has 1 aromatic carbocycles. The van der Waals surface area contributed by atoms with E-state index in [0.29, 0.717) is 50.3 Å². The summed E-state index contributed by atoms with van der Waals surface area (Å²) in [7, 11) is 4.06. The van der Waals surface area contributed by atoms with Crippen molar-refractivity contribution in [2.24, 2.45) is 11.3 Å². The maximum Gasteiger partial charge on any atom is 0.253 e. The highest BCUT2D eigenvalue weighted by atomic mass is 16.5. The predicted molar refractivity (Wildman–Crippen MR) is 128 cm³/mol. The van der Waals surface area contributed by atoms with Gasteiger partial charge in [-0.2, -0.15) is 0 Å². The number of nitrogens with one attached hydrogen (secondary N) is 2. The zero-order chi connectivity index (χ0) is 24.0. The SMILES string of the molecule is CN(C)CC(C)(C)CNC(=O)C1CCN(C(=O)c2cccc(NC(=O)C3CCCO3)c2)CC1. The van der Waals surface area contributed by atoms with Gasteiger partial charge in [0.05, 0.1) is 0 Å². The lowest BCUT2D eigenvalue weighted by Crippen LogP contribution is -2.46. The van der Waals surface area contributed by atoms with E-state index in [9.17, 15) is 14.4 Å². The molecule has 8 nitrogen and oxygen atoms in total. The molecular weight excluding hydrogens is 420 g/mol. The molecule has 2 fully saturated rings. The fraction of sp³-hybridized carbons (Fsp3) is 0.640. The molecular formula is C25H38N4O4. The quantitative estimate of drug-likeness (QED) is 0.624. The number of amides is 3. The van der Waals surface area contributed by atoms with E-state index in [1.165, 1.54) is 0 Å². The average molecular weight is 459 g/mol. The van der Waals surface area contributed by atoms with Gasteiger partial charge in [-0.15, -0.1) is 0 Å². The first-order valence-electron chi connectivity index (χ1n) is 11.9. The van der Waals surface area contributed by atoms with Crippen molar-refractivity contribution in [3.8, 4) is 0 Å². The standard InChI is InChI=1S/C25H38N4O4/c1-25(2,17-28(3)4)16-26-22(30)18-10-12-29(13-11-18)24(32)19-7-5-8-20(15-19)27-23(31)21-9-6-14-33-21/h5,7-8,15,18,21H,6,9-14,16-17H2,1-4H3,(H,26,30)(H,27,31). The molecule has 0 bridgehead atoms. The summed E-state index contributed by atoms with van der Waals surface area (Å²) in [6.07, 6.45) is 2.50. The highest BCUT2D eigenvalue weighted by Gasteiger charge is 2.29. The number of piperidine rings is 1. The summed E-state index contributed by atoms with van der Waals surface area (Å²) in [6.45, 7) is 7.52. The van der Waals surface area contributed by atoms with Crippen LogP contribution in [0.4, 0.5) is 5.69 Å². The summed E-state index contributed by atoms with van der Waals surface area (Å²) >= 11 is 0. The molecule has 0 saturated carbocycles. The second-order valence-electron chi connectivity index (χ2n) is 10.3. The Morgan fingerprint density at radius 1 is 1.12 bits per heavy atom. The number of anilines is 1. The van der Waals surface area contributed by atoms with Gasteiger partial charge in [-0.05, 0) is 63.4 Å². The number of ether oxygens (including phenoxy) is 1. The summed E-state index contributed by atoms with van der Waals surface area (Å²) in [5.41, 5.74) is 1.13. The van der Waals surface area contributed by atoms with Crippen LogP contribution in [0.25, 0.3) is 0 Å². The topological polar surface area (TPSA) is 91.0 Å². The zero-order valence-electron chi connectivity index (χ0n) is 20.4. The molecule has 1 aromatic rings. The molecule has 3 amide bonds. The molecule has 1 unspecified atom stereocenters. The third-order valence-corrected chi connectivity index (χ3v) is 6.24. The summed E-state index contributed by atoms with van der Waals surface area (Å²) in [5.74, 6) is -0.235. The third kappa shape index (κ3) is 7.27. The van der Waals surface area contributed by atoms with Crippen LogP contribution in [0.3, 0.4) is 0 Å². The normalized spacial score (nSPS) is 19.5. The van der Waals surface area contributed by atoms with Gasteiger partial charge in [-0.3, -0.25) is 14.4 Å². The van der Waals surface area contributed by atoms with Crippen molar-refractivity contribution >= 4 is 23.4 Å². The second-order valence-corrected chi connectivity index (χ2v) is 10.3. The van der Waals surface area contributed by atoms with E-state index in [0.717, 1.165) is 19.4 Å². The van der Waals surface area contributed by atoms with Crippen molar-refractivity contribution in [3.63, 3.8) is 0 Å². The van der Waals surface area contributed by atoms with Crippen LogP contribution in [0.2, 0.25) is 0 Å². The smallest absolute Gasteiger partial charge is 0.253 e. The lowest BCUT2D eigenvalue weighted by Gasteiger charge is -2.33. The fourth-order valence-electron chi connectivity index (χ4n) is 4.65. The fourth-order valence-corrected chi connectivity index (χ4v) is 4.65. The second kappa shape index (κ2) is 11.1. The largest absolute Gasteiger partial charge is 0.368 e. The van der Waals surface area contributed by atoms with Crippen LogP contribution in [0.1, 0.15) is 49.9 Å². The van der Waals surface area contributed by atoms with Gasteiger partial charge in [0.25, 0.3) is 11.8 Å². The molecule has 1 atom stereocenters. The van der Waals surface area contributed by atoms with E-state index in [4.69, 9.17) is 4.74 Å². The van der Waals surface area contributed by atoms with Crippen molar-refractivity contribution in [3.05, 3.63) is 29.8 Å². The van der Waals surface area contributed by atoms with Crippen LogP contribution >= 0.6 is 0 Å². The highest BCUT2D eigenvalue weighted by Crippen LogP contribution is 2.22. The number of rotatable bonds is 8. The third-order valence-electron chi connectivity index (χ3n) is 6.24. The van der Waals surface area contributed by atoms with E-state index in [1.54, 1.807) is 29.2 Å². The number of likely N-dealkylation sites (tertiary alicyclic amines) is 1. The molecule has 3 rings (SSSR count). The molecule has 33 heavy (non-hydrogen) atoms. The molecule has 182 valence electrons. The van der Waals surface area contributed by atoms with Crippen LogP contribution in [0.5, 0.6) is 0 Å². The van der Waals surface area contributed by atoms with Gasteiger partial charge in [-0.25, -0.2) is 0 Å².